The summed E-state index contributed by atoms with van der Waals surface area (Å²) >= 11 is 3.85. The van der Waals surface area contributed by atoms with Crippen molar-refractivity contribution in [2.45, 2.75) is 32.8 Å². The van der Waals surface area contributed by atoms with E-state index in [4.69, 9.17) is 4.74 Å². The molecular formula is C7H17NOS. The van der Waals surface area contributed by atoms with E-state index in [1.54, 1.807) is 0 Å². The lowest BCUT2D eigenvalue weighted by Gasteiger charge is -2.10. The average molecular weight is 163 g/mol. The second-order valence-electron chi connectivity index (χ2n) is 2.38. The maximum atomic E-state index is 5.41. The Hall–Kier alpha value is 0.270. The van der Waals surface area contributed by atoms with Crippen LogP contribution >= 0.6 is 12.8 Å². The minimum atomic E-state index is 0.395. The van der Waals surface area contributed by atoms with E-state index in [9.17, 15) is 0 Å². The molecule has 0 aromatic heterocycles. The molecule has 0 spiro atoms. The highest BCUT2D eigenvalue weighted by Gasteiger charge is 1.97. The molecule has 0 aromatic carbocycles. The highest BCUT2D eigenvalue weighted by Crippen LogP contribution is 1.99. The summed E-state index contributed by atoms with van der Waals surface area (Å²) in [5, 5.41) is 0. The third-order valence-corrected chi connectivity index (χ3v) is 1.54. The van der Waals surface area contributed by atoms with Crippen molar-refractivity contribution in [2.24, 2.45) is 0 Å². The van der Waals surface area contributed by atoms with Gasteiger partial charge in [0.1, 0.15) is 0 Å². The molecule has 2 nitrogen and oxygen atoms in total. The predicted octanol–water partition coefficient (Wildman–Crippen LogP) is 1.63. The lowest BCUT2D eigenvalue weighted by Crippen LogP contribution is -2.15. The minimum Gasteiger partial charge on any atom is -0.377 e. The van der Waals surface area contributed by atoms with E-state index < -0.39 is 0 Å². The van der Waals surface area contributed by atoms with E-state index in [1.807, 2.05) is 0 Å². The molecular weight excluding hydrogens is 146 g/mol. The lowest BCUT2D eigenvalue weighted by molar-refractivity contribution is 0.0643. The fraction of sp³-hybridized carbons (Fsp3) is 1.00. The molecule has 3 heteroatoms. The van der Waals surface area contributed by atoms with Crippen molar-refractivity contribution in [1.82, 2.24) is 4.72 Å². The molecule has 0 rings (SSSR count). The molecule has 0 amide bonds. The van der Waals surface area contributed by atoms with Crippen molar-refractivity contribution in [3.05, 3.63) is 0 Å². The Labute approximate surface area is 68.9 Å². The topological polar surface area (TPSA) is 21.3 Å². The van der Waals surface area contributed by atoms with Crippen LogP contribution in [0.25, 0.3) is 0 Å². The first-order chi connectivity index (χ1) is 4.81. The Morgan fingerprint density at radius 2 is 2.30 bits per heavy atom. The summed E-state index contributed by atoms with van der Waals surface area (Å²) < 4.78 is 8.15. The molecule has 0 aromatic rings. The van der Waals surface area contributed by atoms with Gasteiger partial charge in [-0.3, -0.25) is 4.72 Å². The number of rotatable bonds is 6. The van der Waals surface area contributed by atoms with Crippen LogP contribution in [0.4, 0.5) is 0 Å². The van der Waals surface area contributed by atoms with Gasteiger partial charge < -0.3 is 4.74 Å². The largest absolute Gasteiger partial charge is 0.377 e. The summed E-state index contributed by atoms with van der Waals surface area (Å²) in [5.74, 6) is 0. The highest BCUT2D eigenvalue weighted by atomic mass is 32.1. The first-order valence-electron chi connectivity index (χ1n) is 3.79. The van der Waals surface area contributed by atoms with E-state index in [1.165, 1.54) is 6.42 Å². The lowest BCUT2D eigenvalue weighted by atomic mass is 10.2. The second kappa shape index (κ2) is 7.38. The van der Waals surface area contributed by atoms with Gasteiger partial charge in [-0.2, -0.15) is 0 Å². The quantitative estimate of drug-likeness (QED) is 0.459. The van der Waals surface area contributed by atoms with Crippen molar-refractivity contribution in [3.8, 4) is 0 Å². The molecule has 0 heterocycles. The SMILES string of the molecule is CCCC(C)OCCNS. The standard InChI is InChI=1S/C7H17NOS/c1-3-4-7(2)9-6-5-8-10/h7-8,10H,3-6H2,1-2H3. The van der Waals surface area contributed by atoms with Gasteiger partial charge in [0.05, 0.1) is 12.7 Å². The van der Waals surface area contributed by atoms with Crippen LogP contribution in [0.1, 0.15) is 26.7 Å². The summed E-state index contributed by atoms with van der Waals surface area (Å²) in [4.78, 5) is 0. The monoisotopic (exact) mass is 163 g/mol. The summed E-state index contributed by atoms with van der Waals surface area (Å²) in [7, 11) is 0. The number of nitrogens with one attached hydrogen (secondary N) is 1. The number of hydrogen-bond donors (Lipinski definition) is 2. The molecule has 1 atom stereocenters. The highest BCUT2D eigenvalue weighted by molar-refractivity contribution is 7.78. The summed E-state index contributed by atoms with van der Waals surface area (Å²) in [6.45, 7) is 5.83. The van der Waals surface area contributed by atoms with Gasteiger partial charge in [-0.05, 0) is 13.3 Å². The molecule has 62 valence electrons. The average Bonchev–Trinajstić information content (AvgIpc) is 1.89. The van der Waals surface area contributed by atoms with Crippen molar-refractivity contribution >= 4 is 12.8 Å². The van der Waals surface area contributed by atoms with Gasteiger partial charge in [-0.25, -0.2) is 0 Å². The number of hydrogen-bond acceptors (Lipinski definition) is 3. The van der Waals surface area contributed by atoms with Crippen LogP contribution in [0, 0.1) is 0 Å². The second-order valence-corrected chi connectivity index (χ2v) is 2.69. The summed E-state index contributed by atoms with van der Waals surface area (Å²) in [5.41, 5.74) is 0. The Balaban J connectivity index is 2.97. The van der Waals surface area contributed by atoms with Crippen LogP contribution in [0.3, 0.4) is 0 Å². The van der Waals surface area contributed by atoms with Crippen molar-refractivity contribution in [3.63, 3.8) is 0 Å². The van der Waals surface area contributed by atoms with E-state index in [0.29, 0.717) is 6.10 Å². The van der Waals surface area contributed by atoms with Gasteiger partial charge in [-0.1, -0.05) is 26.2 Å². The van der Waals surface area contributed by atoms with Gasteiger partial charge in [0.2, 0.25) is 0 Å². The van der Waals surface area contributed by atoms with Gasteiger partial charge in [0.25, 0.3) is 0 Å². The van der Waals surface area contributed by atoms with E-state index in [-0.39, 0.29) is 0 Å². The molecule has 0 aliphatic carbocycles. The van der Waals surface area contributed by atoms with Gasteiger partial charge in [0.15, 0.2) is 0 Å². The number of thiol groups is 1. The molecule has 0 bridgehead atoms. The van der Waals surface area contributed by atoms with Crippen LogP contribution in [0.5, 0.6) is 0 Å². The molecule has 0 aliphatic rings. The van der Waals surface area contributed by atoms with Crippen LogP contribution in [-0.2, 0) is 4.74 Å². The molecule has 0 aliphatic heterocycles. The Morgan fingerprint density at radius 1 is 1.60 bits per heavy atom. The summed E-state index contributed by atoms with van der Waals surface area (Å²) in [6, 6.07) is 0. The van der Waals surface area contributed by atoms with Crippen LogP contribution in [0.15, 0.2) is 0 Å². The van der Waals surface area contributed by atoms with Gasteiger partial charge in [0, 0.05) is 6.54 Å². The zero-order valence-corrected chi connectivity index (χ0v) is 7.66. The van der Waals surface area contributed by atoms with Crippen molar-refractivity contribution < 1.29 is 4.74 Å². The fourth-order valence-corrected chi connectivity index (χ4v) is 0.887. The number of ether oxygens (including phenoxy) is 1. The fourth-order valence-electron chi connectivity index (χ4n) is 0.796. The minimum absolute atomic E-state index is 0.395. The molecule has 0 saturated heterocycles. The van der Waals surface area contributed by atoms with E-state index >= 15 is 0 Å². The van der Waals surface area contributed by atoms with Gasteiger partial charge >= 0.3 is 0 Å². The summed E-state index contributed by atoms with van der Waals surface area (Å²) in [6.07, 6.45) is 2.73. The first kappa shape index (κ1) is 10.3. The Bertz CT molecular complexity index is 70.6. The van der Waals surface area contributed by atoms with Crippen molar-refractivity contribution in [2.75, 3.05) is 13.2 Å². The molecule has 1 N–H and O–H groups in total. The smallest absolute Gasteiger partial charge is 0.0603 e. The first-order valence-corrected chi connectivity index (χ1v) is 4.24. The zero-order chi connectivity index (χ0) is 7.82. The molecule has 0 fully saturated rings. The molecule has 1 unspecified atom stereocenters. The van der Waals surface area contributed by atoms with Crippen molar-refractivity contribution in [1.29, 1.82) is 0 Å². The molecule has 0 saturated carbocycles. The van der Waals surface area contributed by atoms with E-state index in [2.05, 4.69) is 31.4 Å². The molecule has 0 radical (unpaired) electrons. The maximum absolute atomic E-state index is 5.41. The normalized spacial score (nSPS) is 13.5. The maximum Gasteiger partial charge on any atom is 0.0603 e. The van der Waals surface area contributed by atoms with Crippen LogP contribution in [-0.4, -0.2) is 19.3 Å². The van der Waals surface area contributed by atoms with Gasteiger partial charge in [-0.15, -0.1) is 0 Å². The zero-order valence-electron chi connectivity index (χ0n) is 6.76. The van der Waals surface area contributed by atoms with Crippen LogP contribution in [0.2, 0.25) is 0 Å². The van der Waals surface area contributed by atoms with E-state index in [0.717, 1.165) is 19.6 Å². The Morgan fingerprint density at radius 3 is 2.80 bits per heavy atom. The molecule has 10 heavy (non-hydrogen) atoms. The predicted molar refractivity (Wildman–Crippen MR) is 47.3 cm³/mol. The third-order valence-electron chi connectivity index (χ3n) is 1.31. The third kappa shape index (κ3) is 6.39. The van der Waals surface area contributed by atoms with Crippen LogP contribution < -0.4 is 4.72 Å². The Kier molecular flexibility index (Phi) is 7.58.